The van der Waals surface area contributed by atoms with Crippen LogP contribution in [0.2, 0.25) is 0 Å². The maximum absolute atomic E-state index is 13.8. The van der Waals surface area contributed by atoms with Gasteiger partial charge in [0.05, 0.1) is 38.0 Å². The van der Waals surface area contributed by atoms with Crippen molar-refractivity contribution in [2.75, 3.05) is 32.1 Å². The van der Waals surface area contributed by atoms with Gasteiger partial charge < -0.3 is 14.2 Å². The first-order valence-electron chi connectivity index (χ1n) is 10.9. The molecule has 178 valence electrons. The van der Waals surface area contributed by atoms with Crippen LogP contribution in [-0.4, -0.2) is 42.6 Å². The Kier molecular flexibility index (Phi) is 6.08. The minimum atomic E-state index is -0.515. The minimum Gasteiger partial charge on any atom is -0.493 e. The first-order valence-corrected chi connectivity index (χ1v) is 11.9. The Balaban J connectivity index is 1.75. The van der Waals surface area contributed by atoms with Crippen LogP contribution >= 0.6 is 11.8 Å². The van der Waals surface area contributed by atoms with Crippen molar-refractivity contribution in [3.05, 3.63) is 82.6 Å². The molecule has 1 aliphatic rings. The van der Waals surface area contributed by atoms with Crippen LogP contribution in [0.15, 0.2) is 71.5 Å². The van der Waals surface area contributed by atoms with Crippen molar-refractivity contribution in [1.29, 1.82) is 0 Å². The fraction of sp³-hybridized carbons (Fsp3) is 0.192. The molecule has 0 bridgehead atoms. The van der Waals surface area contributed by atoms with Crippen LogP contribution in [0, 0.1) is 0 Å². The van der Waals surface area contributed by atoms with Crippen LogP contribution in [-0.2, 0) is 4.79 Å². The number of amides is 1. The molecule has 9 heteroatoms. The Morgan fingerprint density at radius 3 is 2.20 bits per heavy atom. The highest BCUT2D eigenvalue weighted by Crippen LogP contribution is 2.45. The largest absolute Gasteiger partial charge is 0.493 e. The van der Waals surface area contributed by atoms with E-state index in [1.54, 1.807) is 30.3 Å². The molecule has 35 heavy (non-hydrogen) atoms. The van der Waals surface area contributed by atoms with Crippen LogP contribution in [0.25, 0.3) is 22.3 Å². The third kappa shape index (κ3) is 3.87. The number of benzene rings is 3. The minimum absolute atomic E-state index is 0.203. The van der Waals surface area contributed by atoms with Gasteiger partial charge in [-0.2, -0.15) is 4.68 Å². The summed E-state index contributed by atoms with van der Waals surface area (Å²) in [5.41, 5.74) is 1.71. The molecule has 1 atom stereocenters. The molecule has 1 saturated heterocycles. The summed E-state index contributed by atoms with van der Waals surface area (Å²) in [6.07, 6.45) is 0. The van der Waals surface area contributed by atoms with E-state index in [0.29, 0.717) is 34.0 Å². The van der Waals surface area contributed by atoms with Gasteiger partial charge in [-0.25, -0.2) is 9.99 Å². The molecular formula is C26H23N3O5S. The van der Waals surface area contributed by atoms with Crippen molar-refractivity contribution >= 4 is 28.6 Å². The molecule has 5 rings (SSSR count). The van der Waals surface area contributed by atoms with Crippen LogP contribution in [0.1, 0.15) is 10.9 Å². The molecule has 0 N–H and O–H groups in total. The Morgan fingerprint density at radius 2 is 1.54 bits per heavy atom. The molecule has 1 fully saturated rings. The van der Waals surface area contributed by atoms with E-state index < -0.39 is 5.37 Å². The number of methoxy groups -OCH3 is 3. The van der Waals surface area contributed by atoms with E-state index in [4.69, 9.17) is 19.2 Å². The third-order valence-corrected chi connectivity index (χ3v) is 7.02. The van der Waals surface area contributed by atoms with Gasteiger partial charge in [-0.05, 0) is 29.8 Å². The molecule has 2 heterocycles. The molecule has 3 aromatic carbocycles. The summed E-state index contributed by atoms with van der Waals surface area (Å²) in [4.78, 5) is 31.9. The van der Waals surface area contributed by atoms with Crippen LogP contribution in [0.4, 0.5) is 0 Å². The van der Waals surface area contributed by atoms with Gasteiger partial charge in [0.25, 0.3) is 11.5 Å². The first-order chi connectivity index (χ1) is 17.1. The SMILES string of the molecule is COc1cc(C2SCC(=O)N2n2c(-c3ccccc3)nc3ccccc3c2=O)cc(OC)c1OC. The lowest BCUT2D eigenvalue weighted by atomic mass is 10.1. The Hall–Kier alpha value is -3.98. The number of carbonyl (C=O) groups excluding carboxylic acids is 1. The molecule has 1 amide bonds. The zero-order chi connectivity index (χ0) is 24.5. The molecule has 1 aromatic heterocycles. The van der Waals surface area contributed by atoms with Crippen molar-refractivity contribution < 1.29 is 19.0 Å². The van der Waals surface area contributed by atoms with Gasteiger partial charge in [0.15, 0.2) is 17.3 Å². The molecule has 1 aliphatic heterocycles. The lowest BCUT2D eigenvalue weighted by Gasteiger charge is -2.28. The van der Waals surface area contributed by atoms with E-state index in [1.807, 2.05) is 36.4 Å². The molecule has 4 aromatic rings. The van der Waals surface area contributed by atoms with Crippen molar-refractivity contribution in [2.24, 2.45) is 0 Å². The zero-order valence-corrected chi connectivity index (χ0v) is 20.2. The number of aromatic nitrogens is 2. The Morgan fingerprint density at radius 1 is 0.886 bits per heavy atom. The van der Waals surface area contributed by atoms with Crippen molar-refractivity contribution in [1.82, 2.24) is 9.66 Å². The van der Waals surface area contributed by atoms with Gasteiger partial charge in [-0.1, -0.05) is 42.5 Å². The summed E-state index contributed by atoms with van der Waals surface area (Å²) in [5, 5.41) is 1.40. The fourth-order valence-corrected chi connectivity index (χ4v) is 5.33. The molecule has 8 nitrogen and oxygen atoms in total. The summed E-state index contributed by atoms with van der Waals surface area (Å²) >= 11 is 1.41. The van der Waals surface area contributed by atoms with Gasteiger partial charge >= 0.3 is 0 Å². The highest BCUT2D eigenvalue weighted by atomic mass is 32.2. The van der Waals surface area contributed by atoms with Crippen LogP contribution in [0.3, 0.4) is 0 Å². The summed E-state index contributed by atoms with van der Waals surface area (Å²) in [7, 11) is 4.61. The summed E-state index contributed by atoms with van der Waals surface area (Å²) in [6, 6.07) is 20.1. The second kappa shape index (κ2) is 9.34. The molecule has 0 radical (unpaired) electrons. The average Bonchev–Trinajstić information content (AvgIpc) is 3.28. The lowest BCUT2D eigenvalue weighted by Crippen LogP contribution is -2.46. The number of carbonyl (C=O) groups is 1. The second-order valence-corrected chi connectivity index (χ2v) is 8.86. The van der Waals surface area contributed by atoms with Crippen LogP contribution < -0.4 is 24.8 Å². The monoisotopic (exact) mass is 489 g/mol. The van der Waals surface area contributed by atoms with Gasteiger partial charge in [-0.15, -0.1) is 11.8 Å². The summed E-state index contributed by atoms with van der Waals surface area (Å²) in [5.74, 6) is 1.78. The maximum Gasteiger partial charge on any atom is 0.280 e. The van der Waals surface area contributed by atoms with Gasteiger partial charge in [0.1, 0.15) is 5.37 Å². The van der Waals surface area contributed by atoms with E-state index in [1.165, 1.54) is 42.8 Å². The number of ether oxygens (including phenoxy) is 3. The number of thioether (sulfide) groups is 1. The van der Waals surface area contributed by atoms with Gasteiger partial charge in [-0.3, -0.25) is 9.59 Å². The van der Waals surface area contributed by atoms with E-state index in [0.717, 1.165) is 11.1 Å². The number of fused-ring (bicyclic) bond motifs is 1. The average molecular weight is 490 g/mol. The number of hydrogen-bond donors (Lipinski definition) is 0. The smallest absolute Gasteiger partial charge is 0.280 e. The van der Waals surface area contributed by atoms with E-state index in [9.17, 15) is 9.59 Å². The molecule has 0 spiro atoms. The van der Waals surface area contributed by atoms with Crippen molar-refractivity contribution in [3.8, 4) is 28.6 Å². The van der Waals surface area contributed by atoms with E-state index in [2.05, 4.69) is 0 Å². The molecule has 0 aliphatic carbocycles. The van der Waals surface area contributed by atoms with Gasteiger partial charge in [0, 0.05) is 5.56 Å². The normalized spacial score (nSPS) is 15.5. The fourth-order valence-electron chi connectivity index (χ4n) is 4.21. The number of nitrogens with zero attached hydrogens (tertiary/aromatic N) is 3. The molecule has 0 saturated carbocycles. The number of para-hydroxylation sites is 1. The molecular weight excluding hydrogens is 466 g/mol. The number of hydrogen-bond acceptors (Lipinski definition) is 7. The quantitative estimate of drug-likeness (QED) is 0.405. The standard InChI is InChI=1S/C26H23N3O5S/c1-32-20-13-17(14-21(33-2)23(20)34-3)26-28(22(30)15-35-26)29-24(16-9-5-4-6-10-16)27-19-12-8-7-11-18(19)25(29)31/h4-14,26H,15H2,1-3H3. The van der Waals surface area contributed by atoms with E-state index >= 15 is 0 Å². The highest BCUT2D eigenvalue weighted by Gasteiger charge is 2.38. The Labute approximate surface area is 206 Å². The van der Waals surface area contributed by atoms with Gasteiger partial charge in [0.2, 0.25) is 5.75 Å². The molecule has 1 unspecified atom stereocenters. The van der Waals surface area contributed by atoms with E-state index in [-0.39, 0.29) is 17.2 Å². The summed E-state index contributed by atoms with van der Waals surface area (Å²) in [6.45, 7) is 0. The lowest BCUT2D eigenvalue weighted by molar-refractivity contribution is -0.117. The third-order valence-electron chi connectivity index (χ3n) is 5.82. The van der Waals surface area contributed by atoms with Crippen molar-refractivity contribution in [3.63, 3.8) is 0 Å². The number of rotatable bonds is 6. The predicted octanol–water partition coefficient (Wildman–Crippen LogP) is 4.00. The second-order valence-electron chi connectivity index (χ2n) is 7.80. The van der Waals surface area contributed by atoms with Crippen LogP contribution in [0.5, 0.6) is 17.2 Å². The topological polar surface area (TPSA) is 82.9 Å². The predicted molar refractivity (Wildman–Crippen MR) is 136 cm³/mol. The first kappa shape index (κ1) is 22.8. The Bertz CT molecular complexity index is 1450. The summed E-state index contributed by atoms with van der Waals surface area (Å²) < 4.78 is 17.9. The highest BCUT2D eigenvalue weighted by molar-refractivity contribution is 8.00. The van der Waals surface area contributed by atoms with Crippen molar-refractivity contribution in [2.45, 2.75) is 5.37 Å². The maximum atomic E-state index is 13.8. The zero-order valence-electron chi connectivity index (χ0n) is 19.4.